The number of carbonyl (C=O) groups excluding carboxylic acids is 1. The molecular formula is C17H26N4O2. The molecule has 1 aromatic carbocycles. The summed E-state index contributed by atoms with van der Waals surface area (Å²) in [6.45, 7) is 4.88. The van der Waals surface area contributed by atoms with E-state index in [0.717, 1.165) is 38.1 Å². The summed E-state index contributed by atoms with van der Waals surface area (Å²) < 4.78 is 5.24. The normalized spacial score (nSPS) is 14.5. The van der Waals surface area contributed by atoms with Gasteiger partial charge in [-0.1, -0.05) is 18.2 Å². The molecule has 0 fully saturated rings. The molecule has 0 unspecified atom stereocenters. The number of anilines is 1. The van der Waals surface area contributed by atoms with Crippen LogP contribution in [0.25, 0.3) is 0 Å². The highest BCUT2D eigenvalue weighted by atomic mass is 16.5. The molecule has 0 atom stereocenters. The number of para-hydroxylation sites is 1. The highest BCUT2D eigenvalue weighted by Crippen LogP contribution is 2.26. The number of nitrogens with two attached hydrogens (primary N) is 1. The Hall–Kier alpha value is -2.08. The van der Waals surface area contributed by atoms with Crippen LogP contribution >= 0.6 is 0 Å². The monoisotopic (exact) mass is 318 g/mol. The highest BCUT2D eigenvalue weighted by molar-refractivity contribution is 5.97. The maximum Gasteiger partial charge on any atom is 0.248 e. The number of rotatable bonds is 7. The van der Waals surface area contributed by atoms with Crippen LogP contribution in [0.2, 0.25) is 0 Å². The van der Waals surface area contributed by atoms with Gasteiger partial charge in [-0.15, -0.1) is 0 Å². The molecule has 2 rings (SSSR count). The van der Waals surface area contributed by atoms with Gasteiger partial charge in [0.2, 0.25) is 5.91 Å². The van der Waals surface area contributed by atoms with Gasteiger partial charge in [0.05, 0.1) is 0 Å². The molecule has 1 amide bonds. The van der Waals surface area contributed by atoms with E-state index in [0.29, 0.717) is 19.1 Å². The quantitative estimate of drug-likeness (QED) is 0.451. The number of carbonyl (C=O) groups is 1. The summed E-state index contributed by atoms with van der Waals surface area (Å²) in [5.74, 6) is 0.288. The van der Waals surface area contributed by atoms with E-state index in [9.17, 15) is 4.79 Å². The van der Waals surface area contributed by atoms with Gasteiger partial charge in [-0.2, -0.15) is 0 Å². The Morgan fingerprint density at radius 1 is 1.43 bits per heavy atom. The molecule has 0 saturated heterocycles. The van der Waals surface area contributed by atoms with Crippen molar-refractivity contribution in [3.63, 3.8) is 0 Å². The molecule has 6 heteroatoms. The first kappa shape index (κ1) is 17.3. The second kappa shape index (κ2) is 9.15. The molecule has 0 bridgehead atoms. The summed E-state index contributed by atoms with van der Waals surface area (Å²) in [5, 5.41) is 3.00. The van der Waals surface area contributed by atoms with Crippen LogP contribution in [0.4, 0.5) is 5.69 Å². The number of hydrogen-bond donors (Lipinski definition) is 2. The van der Waals surface area contributed by atoms with Crippen molar-refractivity contribution in [3.8, 4) is 0 Å². The van der Waals surface area contributed by atoms with Gasteiger partial charge in [-0.25, -0.2) is 4.99 Å². The van der Waals surface area contributed by atoms with Crippen molar-refractivity contribution in [3.05, 3.63) is 29.8 Å². The number of amides is 1. The third kappa shape index (κ3) is 5.25. The highest BCUT2D eigenvalue weighted by Gasteiger charge is 2.21. The van der Waals surface area contributed by atoms with E-state index in [4.69, 9.17) is 10.5 Å². The third-order valence-corrected chi connectivity index (χ3v) is 3.77. The van der Waals surface area contributed by atoms with E-state index in [1.807, 2.05) is 30.0 Å². The SMILES string of the molecule is CCOCCCNC(N)=NCC(=O)N1CCCc2ccccc21. The fourth-order valence-electron chi connectivity index (χ4n) is 2.62. The molecule has 1 aliphatic rings. The van der Waals surface area contributed by atoms with Gasteiger partial charge in [0.15, 0.2) is 5.96 Å². The molecule has 1 aromatic rings. The van der Waals surface area contributed by atoms with Crippen LogP contribution in [0.3, 0.4) is 0 Å². The second-order valence-electron chi connectivity index (χ2n) is 5.46. The minimum absolute atomic E-state index is 0.0174. The van der Waals surface area contributed by atoms with Crippen LogP contribution in [-0.4, -0.2) is 44.7 Å². The van der Waals surface area contributed by atoms with Crippen molar-refractivity contribution in [1.82, 2.24) is 5.32 Å². The molecule has 0 spiro atoms. The molecule has 0 radical (unpaired) electrons. The minimum Gasteiger partial charge on any atom is -0.382 e. The number of nitrogens with one attached hydrogen (secondary N) is 1. The number of nitrogens with zero attached hydrogens (tertiary/aromatic N) is 2. The summed E-state index contributed by atoms with van der Waals surface area (Å²) in [5.41, 5.74) is 8.01. The van der Waals surface area contributed by atoms with E-state index < -0.39 is 0 Å². The molecule has 0 saturated carbocycles. The molecule has 1 heterocycles. The Morgan fingerprint density at radius 3 is 3.09 bits per heavy atom. The minimum atomic E-state index is -0.0174. The largest absolute Gasteiger partial charge is 0.382 e. The van der Waals surface area contributed by atoms with Crippen molar-refractivity contribution in [2.24, 2.45) is 10.7 Å². The Kier molecular flexibility index (Phi) is 6.87. The topological polar surface area (TPSA) is 80.0 Å². The third-order valence-electron chi connectivity index (χ3n) is 3.77. The van der Waals surface area contributed by atoms with Crippen LogP contribution in [0.5, 0.6) is 0 Å². The van der Waals surface area contributed by atoms with Crippen molar-refractivity contribution < 1.29 is 9.53 Å². The van der Waals surface area contributed by atoms with E-state index >= 15 is 0 Å². The van der Waals surface area contributed by atoms with Crippen molar-refractivity contribution in [1.29, 1.82) is 0 Å². The predicted octanol–water partition coefficient (Wildman–Crippen LogP) is 1.30. The fourth-order valence-corrected chi connectivity index (χ4v) is 2.62. The number of hydrogen-bond acceptors (Lipinski definition) is 3. The van der Waals surface area contributed by atoms with E-state index in [2.05, 4.69) is 16.4 Å². The Balaban J connectivity index is 1.82. The van der Waals surface area contributed by atoms with Crippen LogP contribution < -0.4 is 16.0 Å². The van der Waals surface area contributed by atoms with Gasteiger partial charge in [0.1, 0.15) is 6.54 Å². The predicted molar refractivity (Wildman–Crippen MR) is 92.7 cm³/mol. The van der Waals surface area contributed by atoms with Gasteiger partial charge in [0, 0.05) is 32.0 Å². The zero-order chi connectivity index (χ0) is 16.5. The number of fused-ring (bicyclic) bond motifs is 1. The van der Waals surface area contributed by atoms with Crippen molar-refractivity contribution in [2.45, 2.75) is 26.2 Å². The van der Waals surface area contributed by atoms with Crippen LogP contribution in [0.1, 0.15) is 25.3 Å². The van der Waals surface area contributed by atoms with E-state index in [1.165, 1.54) is 5.56 Å². The summed E-state index contributed by atoms with van der Waals surface area (Å²) in [7, 11) is 0. The standard InChI is InChI=1S/C17H26N4O2/c1-2-23-12-6-10-19-17(18)20-13-16(22)21-11-5-8-14-7-3-4-9-15(14)21/h3-4,7,9H,2,5-6,8,10-13H2,1H3,(H3,18,19,20). The van der Waals surface area contributed by atoms with Crippen molar-refractivity contribution in [2.75, 3.05) is 37.7 Å². The summed E-state index contributed by atoms with van der Waals surface area (Å²) in [6.07, 6.45) is 2.86. The second-order valence-corrected chi connectivity index (χ2v) is 5.46. The van der Waals surface area contributed by atoms with Crippen molar-refractivity contribution >= 4 is 17.6 Å². The van der Waals surface area contributed by atoms with Gasteiger partial charge >= 0.3 is 0 Å². The van der Waals surface area contributed by atoms with Gasteiger partial charge < -0.3 is 20.7 Å². The summed E-state index contributed by atoms with van der Waals surface area (Å²) >= 11 is 0. The lowest BCUT2D eigenvalue weighted by Gasteiger charge is -2.29. The molecule has 0 aromatic heterocycles. The lowest BCUT2D eigenvalue weighted by Crippen LogP contribution is -2.39. The number of aliphatic imine (C=N–C) groups is 1. The summed E-state index contributed by atoms with van der Waals surface area (Å²) in [4.78, 5) is 18.3. The molecule has 6 nitrogen and oxygen atoms in total. The lowest BCUT2D eigenvalue weighted by atomic mass is 10.0. The Morgan fingerprint density at radius 2 is 2.26 bits per heavy atom. The van der Waals surface area contributed by atoms with Gasteiger partial charge in [-0.05, 0) is 37.8 Å². The first-order valence-corrected chi connectivity index (χ1v) is 8.22. The van der Waals surface area contributed by atoms with Crippen LogP contribution in [0.15, 0.2) is 29.3 Å². The maximum atomic E-state index is 12.4. The zero-order valence-corrected chi connectivity index (χ0v) is 13.8. The first-order valence-electron chi connectivity index (χ1n) is 8.22. The molecular weight excluding hydrogens is 292 g/mol. The van der Waals surface area contributed by atoms with Gasteiger partial charge in [0.25, 0.3) is 0 Å². The molecule has 1 aliphatic heterocycles. The van der Waals surface area contributed by atoms with E-state index in [-0.39, 0.29) is 12.5 Å². The Labute approximate surface area is 137 Å². The number of ether oxygens (including phenoxy) is 1. The fraction of sp³-hybridized carbons (Fsp3) is 0.529. The number of guanidine groups is 1. The molecule has 23 heavy (non-hydrogen) atoms. The van der Waals surface area contributed by atoms with Crippen LogP contribution in [-0.2, 0) is 16.0 Å². The van der Waals surface area contributed by atoms with Gasteiger partial charge in [-0.3, -0.25) is 4.79 Å². The zero-order valence-electron chi connectivity index (χ0n) is 13.8. The molecule has 3 N–H and O–H groups in total. The number of aryl methyl sites for hydroxylation is 1. The average molecular weight is 318 g/mol. The number of benzene rings is 1. The molecule has 0 aliphatic carbocycles. The summed E-state index contributed by atoms with van der Waals surface area (Å²) in [6, 6.07) is 8.04. The first-order chi connectivity index (χ1) is 11.2. The lowest BCUT2D eigenvalue weighted by molar-refractivity contribution is -0.117. The smallest absolute Gasteiger partial charge is 0.248 e. The van der Waals surface area contributed by atoms with E-state index in [1.54, 1.807) is 0 Å². The Bertz CT molecular complexity index is 545. The molecule has 126 valence electrons. The van der Waals surface area contributed by atoms with Crippen LogP contribution in [0, 0.1) is 0 Å². The average Bonchev–Trinajstić information content (AvgIpc) is 2.59. The maximum absolute atomic E-state index is 12.4.